The number of halogens is 1. The Morgan fingerprint density at radius 1 is 1.30 bits per heavy atom. The monoisotopic (exact) mass is 180 g/mol. The molecule has 1 saturated carbocycles. The molecule has 0 radical (unpaired) electrons. The third-order valence-electron chi connectivity index (χ3n) is 1.79. The minimum Gasteiger partial charge on any atom is -0.147 e. The fourth-order valence-electron chi connectivity index (χ4n) is 0.969. The van der Waals surface area contributed by atoms with Crippen molar-refractivity contribution in [3.8, 4) is 0 Å². The molecule has 2 heteroatoms. The molecule has 0 N–H and O–H groups in total. The van der Waals surface area contributed by atoms with Gasteiger partial charge in [-0.25, -0.2) is 0 Å². The highest BCUT2D eigenvalue weighted by atomic mass is 35.5. The molecule has 0 nitrogen and oxygen atoms in total. The van der Waals surface area contributed by atoms with Crippen LogP contribution in [-0.4, -0.2) is 11.8 Å². The van der Waals surface area contributed by atoms with Crippen LogP contribution in [0.2, 0.25) is 0 Å². The SMILES string of the molecule is CCCCCPC1CC1.Cl. The molecule has 1 unspecified atom stereocenters. The highest BCUT2D eigenvalue weighted by molar-refractivity contribution is 7.39. The first kappa shape index (κ1) is 10.7. The highest BCUT2D eigenvalue weighted by Gasteiger charge is 2.19. The van der Waals surface area contributed by atoms with E-state index in [4.69, 9.17) is 0 Å². The Hall–Kier alpha value is 0.720. The summed E-state index contributed by atoms with van der Waals surface area (Å²) in [6.07, 6.45) is 8.95. The first-order valence-corrected chi connectivity index (χ1v) is 5.45. The van der Waals surface area contributed by atoms with E-state index in [1.165, 1.54) is 39.7 Å². The Labute approximate surface area is 72.4 Å². The second-order valence-corrected chi connectivity index (χ2v) is 4.66. The number of unbranched alkanes of at least 4 members (excludes halogenated alkanes) is 2. The van der Waals surface area contributed by atoms with Crippen LogP contribution in [0.4, 0.5) is 0 Å². The van der Waals surface area contributed by atoms with Crippen LogP contribution < -0.4 is 0 Å². The molecule has 1 rings (SSSR count). The molecule has 0 aliphatic heterocycles. The summed E-state index contributed by atoms with van der Waals surface area (Å²) < 4.78 is 0. The van der Waals surface area contributed by atoms with E-state index in [9.17, 15) is 0 Å². The van der Waals surface area contributed by atoms with Crippen LogP contribution in [0.25, 0.3) is 0 Å². The summed E-state index contributed by atoms with van der Waals surface area (Å²) in [6, 6.07) is 0. The Morgan fingerprint density at radius 3 is 2.50 bits per heavy atom. The van der Waals surface area contributed by atoms with E-state index in [1.54, 1.807) is 12.8 Å². The summed E-state index contributed by atoms with van der Waals surface area (Å²) >= 11 is 0. The third kappa shape index (κ3) is 5.50. The fourth-order valence-corrected chi connectivity index (χ4v) is 2.41. The average molecular weight is 181 g/mol. The van der Waals surface area contributed by atoms with Gasteiger partial charge in [-0.15, -0.1) is 21.0 Å². The maximum atomic E-state index is 2.28. The molecular formula is C8H18ClP. The first-order valence-electron chi connectivity index (χ1n) is 4.17. The van der Waals surface area contributed by atoms with E-state index in [0.29, 0.717) is 0 Å². The third-order valence-corrected chi connectivity index (χ3v) is 3.59. The van der Waals surface area contributed by atoms with E-state index < -0.39 is 0 Å². The molecular weight excluding hydrogens is 163 g/mol. The van der Waals surface area contributed by atoms with Crippen molar-refractivity contribution in [2.75, 3.05) is 6.16 Å². The summed E-state index contributed by atoms with van der Waals surface area (Å²) in [6.45, 7) is 2.28. The van der Waals surface area contributed by atoms with Crippen molar-refractivity contribution in [2.45, 2.75) is 44.7 Å². The van der Waals surface area contributed by atoms with E-state index in [0.717, 1.165) is 0 Å². The highest BCUT2D eigenvalue weighted by Crippen LogP contribution is 2.39. The summed E-state index contributed by atoms with van der Waals surface area (Å²) in [5.74, 6) is 0. The molecule has 0 spiro atoms. The van der Waals surface area contributed by atoms with Crippen molar-refractivity contribution >= 4 is 21.0 Å². The summed E-state index contributed by atoms with van der Waals surface area (Å²) in [5.41, 5.74) is 1.18. The van der Waals surface area contributed by atoms with Crippen LogP contribution in [0.15, 0.2) is 0 Å². The molecule has 0 heterocycles. The van der Waals surface area contributed by atoms with Crippen LogP contribution in [0, 0.1) is 0 Å². The standard InChI is InChI=1S/C8H17P.ClH/c1-2-3-4-7-9-8-5-6-8;/h8-9H,2-7H2,1H3;1H. The molecule has 62 valence electrons. The van der Waals surface area contributed by atoms with Gasteiger partial charge < -0.3 is 0 Å². The maximum absolute atomic E-state index is 2.28. The Kier molecular flexibility index (Phi) is 6.89. The molecule has 0 bridgehead atoms. The first-order chi connectivity index (χ1) is 4.43. The minimum atomic E-state index is 0. The van der Waals surface area contributed by atoms with E-state index >= 15 is 0 Å². The zero-order chi connectivity index (χ0) is 6.53. The van der Waals surface area contributed by atoms with Crippen LogP contribution in [0.1, 0.15) is 39.0 Å². The molecule has 0 aromatic rings. The molecule has 10 heavy (non-hydrogen) atoms. The maximum Gasteiger partial charge on any atom is -0.0236 e. The number of rotatable bonds is 5. The summed E-state index contributed by atoms with van der Waals surface area (Å²) in [4.78, 5) is 0. The molecule has 0 amide bonds. The van der Waals surface area contributed by atoms with Gasteiger partial charge in [0.05, 0.1) is 0 Å². The second kappa shape index (κ2) is 6.43. The average Bonchev–Trinajstić information content (AvgIpc) is 2.63. The van der Waals surface area contributed by atoms with E-state index in [-0.39, 0.29) is 12.4 Å². The van der Waals surface area contributed by atoms with Gasteiger partial charge in [0.2, 0.25) is 0 Å². The molecule has 1 aliphatic carbocycles. The fraction of sp³-hybridized carbons (Fsp3) is 1.00. The predicted molar refractivity (Wildman–Crippen MR) is 53.0 cm³/mol. The van der Waals surface area contributed by atoms with Gasteiger partial charge in [-0.3, -0.25) is 0 Å². The molecule has 1 aliphatic rings. The smallest absolute Gasteiger partial charge is 0.0236 e. The summed E-state index contributed by atoms with van der Waals surface area (Å²) in [5, 5.41) is 0. The van der Waals surface area contributed by atoms with Crippen LogP contribution in [-0.2, 0) is 0 Å². The minimum absolute atomic E-state index is 0. The van der Waals surface area contributed by atoms with Crippen molar-refractivity contribution in [1.82, 2.24) is 0 Å². The Bertz CT molecular complexity index is 71.7. The quantitative estimate of drug-likeness (QED) is 0.449. The van der Waals surface area contributed by atoms with E-state index in [1.807, 2.05) is 0 Å². The van der Waals surface area contributed by atoms with Crippen LogP contribution in [0.3, 0.4) is 0 Å². The predicted octanol–water partition coefficient (Wildman–Crippen LogP) is 3.44. The normalized spacial score (nSPS) is 17.7. The van der Waals surface area contributed by atoms with Gasteiger partial charge in [0.25, 0.3) is 0 Å². The molecule has 0 aromatic heterocycles. The van der Waals surface area contributed by atoms with Gasteiger partial charge in [-0.05, 0) is 31.1 Å². The van der Waals surface area contributed by atoms with Crippen molar-refractivity contribution in [2.24, 2.45) is 0 Å². The van der Waals surface area contributed by atoms with Gasteiger partial charge in [0.15, 0.2) is 0 Å². The lowest BCUT2D eigenvalue weighted by Gasteiger charge is -1.95. The molecule has 0 saturated heterocycles. The lowest BCUT2D eigenvalue weighted by Crippen LogP contribution is -1.78. The molecule has 1 fully saturated rings. The van der Waals surface area contributed by atoms with Gasteiger partial charge in [-0.2, -0.15) is 0 Å². The second-order valence-electron chi connectivity index (χ2n) is 2.94. The van der Waals surface area contributed by atoms with Gasteiger partial charge in [-0.1, -0.05) is 19.8 Å². The van der Waals surface area contributed by atoms with Crippen LogP contribution in [0.5, 0.6) is 0 Å². The van der Waals surface area contributed by atoms with Crippen molar-refractivity contribution in [3.05, 3.63) is 0 Å². The molecule has 1 atom stereocenters. The van der Waals surface area contributed by atoms with Gasteiger partial charge >= 0.3 is 0 Å². The zero-order valence-electron chi connectivity index (χ0n) is 6.73. The lowest BCUT2D eigenvalue weighted by molar-refractivity contribution is 0.777. The Morgan fingerprint density at radius 2 is 2.00 bits per heavy atom. The van der Waals surface area contributed by atoms with Crippen molar-refractivity contribution in [1.29, 1.82) is 0 Å². The largest absolute Gasteiger partial charge is 0.147 e. The van der Waals surface area contributed by atoms with Gasteiger partial charge in [0.1, 0.15) is 0 Å². The Balaban J connectivity index is 0.000000810. The van der Waals surface area contributed by atoms with Gasteiger partial charge in [0, 0.05) is 0 Å². The topological polar surface area (TPSA) is 0 Å². The van der Waals surface area contributed by atoms with Crippen molar-refractivity contribution in [3.63, 3.8) is 0 Å². The number of hydrogen-bond acceptors (Lipinski definition) is 0. The number of hydrogen-bond donors (Lipinski definition) is 0. The zero-order valence-corrected chi connectivity index (χ0v) is 8.54. The van der Waals surface area contributed by atoms with Crippen LogP contribution >= 0.6 is 21.0 Å². The van der Waals surface area contributed by atoms with E-state index in [2.05, 4.69) is 6.92 Å². The van der Waals surface area contributed by atoms with Crippen molar-refractivity contribution < 1.29 is 0 Å². The molecule has 0 aromatic carbocycles. The summed E-state index contributed by atoms with van der Waals surface area (Å²) in [7, 11) is 1.31. The lowest BCUT2D eigenvalue weighted by atomic mass is 10.3.